The van der Waals surface area contributed by atoms with Crippen LogP contribution in [0.5, 0.6) is 0 Å². The Morgan fingerprint density at radius 2 is 1.93 bits per heavy atom. The molecule has 1 aromatic carbocycles. The first-order valence-electron chi connectivity index (χ1n) is 9.42. The fraction of sp³-hybridized carbons (Fsp3) is 0.450. The van der Waals surface area contributed by atoms with Crippen molar-refractivity contribution in [2.45, 2.75) is 52.0 Å². The molecule has 0 saturated heterocycles. The van der Waals surface area contributed by atoms with Gasteiger partial charge >= 0.3 is 12.0 Å². The van der Waals surface area contributed by atoms with Gasteiger partial charge in [-0.3, -0.25) is 4.79 Å². The number of aryl methyl sites for hydroxylation is 1. The number of nitrogens with one attached hydrogen (secondary N) is 2. The van der Waals surface area contributed by atoms with Crippen LogP contribution in [0.3, 0.4) is 0 Å². The van der Waals surface area contributed by atoms with Crippen LogP contribution in [-0.2, 0) is 11.2 Å². The Hall–Kier alpha value is -2.83. The van der Waals surface area contributed by atoms with Crippen molar-refractivity contribution in [1.29, 1.82) is 0 Å². The van der Waals surface area contributed by atoms with Crippen LogP contribution in [0, 0.1) is 12.8 Å². The van der Waals surface area contributed by atoms with Gasteiger partial charge < -0.3 is 15.7 Å². The first-order valence-corrected chi connectivity index (χ1v) is 9.42. The maximum atomic E-state index is 12.4. The number of anilines is 1. The topological polar surface area (TPSA) is 96.2 Å². The van der Waals surface area contributed by atoms with Gasteiger partial charge in [-0.05, 0) is 50.7 Å². The third kappa shape index (κ3) is 4.30. The predicted octanol–water partition coefficient (Wildman–Crippen LogP) is 3.51. The van der Waals surface area contributed by atoms with Gasteiger partial charge in [-0.2, -0.15) is 5.10 Å². The van der Waals surface area contributed by atoms with Crippen molar-refractivity contribution < 1.29 is 14.7 Å². The van der Waals surface area contributed by atoms with Crippen LogP contribution in [0.1, 0.15) is 43.9 Å². The van der Waals surface area contributed by atoms with Gasteiger partial charge in [0, 0.05) is 6.04 Å². The van der Waals surface area contributed by atoms with Crippen molar-refractivity contribution in [3.8, 4) is 5.69 Å². The molecule has 0 bridgehead atoms. The number of carboxylic acid groups (broad SMARTS) is 1. The maximum Gasteiger partial charge on any atom is 0.319 e. The van der Waals surface area contributed by atoms with Crippen LogP contribution in [0.2, 0.25) is 0 Å². The summed E-state index contributed by atoms with van der Waals surface area (Å²) in [5, 5.41) is 19.4. The normalized spacial score (nSPS) is 19.5. The lowest BCUT2D eigenvalue weighted by Gasteiger charge is -2.26. The third-order valence-corrected chi connectivity index (χ3v) is 5.21. The van der Waals surface area contributed by atoms with E-state index in [1.165, 1.54) is 0 Å². The second kappa shape index (κ2) is 8.24. The molecule has 0 aliphatic heterocycles. The van der Waals surface area contributed by atoms with Crippen LogP contribution in [0.25, 0.3) is 5.69 Å². The van der Waals surface area contributed by atoms with Gasteiger partial charge in [0.2, 0.25) is 0 Å². The number of carboxylic acids is 1. The Balaban J connectivity index is 1.65. The number of hydrogen-bond donors (Lipinski definition) is 3. The van der Waals surface area contributed by atoms with Gasteiger partial charge in [-0.25, -0.2) is 9.48 Å². The Kier molecular flexibility index (Phi) is 5.78. The number of urea groups is 1. The zero-order chi connectivity index (χ0) is 19.4. The van der Waals surface area contributed by atoms with Crippen molar-refractivity contribution in [1.82, 2.24) is 15.1 Å². The van der Waals surface area contributed by atoms with E-state index in [0.29, 0.717) is 31.4 Å². The molecular weight excluding hydrogens is 344 g/mol. The number of rotatable bonds is 5. The first-order chi connectivity index (χ1) is 13.0. The van der Waals surface area contributed by atoms with Crippen molar-refractivity contribution in [3.05, 3.63) is 41.7 Å². The fourth-order valence-corrected chi connectivity index (χ4v) is 3.66. The molecule has 0 unspecified atom stereocenters. The zero-order valence-corrected chi connectivity index (χ0v) is 15.7. The van der Waals surface area contributed by atoms with Crippen molar-refractivity contribution in [2.75, 3.05) is 5.32 Å². The van der Waals surface area contributed by atoms with E-state index in [1.54, 1.807) is 6.20 Å². The number of amides is 2. The molecule has 1 heterocycles. The number of carbonyl (C=O) groups excluding carboxylic acids is 1. The van der Waals surface area contributed by atoms with E-state index >= 15 is 0 Å². The molecule has 1 saturated carbocycles. The minimum atomic E-state index is -0.742. The highest BCUT2D eigenvalue weighted by molar-refractivity contribution is 5.90. The van der Waals surface area contributed by atoms with E-state index in [-0.39, 0.29) is 18.0 Å². The molecule has 144 valence electrons. The van der Waals surface area contributed by atoms with E-state index in [2.05, 4.69) is 15.7 Å². The van der Waals surface area contributed by atoms with Crippen LogP contribution < -0.4 is 10.6 Å². The highest BCUT2D eigenvalue weighted by atomic mass is 16.4. The fourth-order valence-electron chi connectivity index (χ4n) is 3.66. The summed E-state index contributed by atoms with van der Waals surface area (Å²) in [6, 6.07) is 7.73. The molecule has 7 heteroatoms. The molecule has 2 aromatic rings. The van der Waals surface area contributed by atoms with Crippen LogP contribution in [0.4, 0.5) is 10.5 Å². The Bertz CT molecular complexity index is 822. The highest BCUT2D eigenvalue weighted by Gasteiger charge is 2.27. The summed E-state index contributed by atoms with van der Waals surface area (Å²) in [4.78, 5) is 23.4. The summed E-state index contributed by atoms with van der Waals surface area (Å²) in [5.41, 5.74) is 3.74. The molecule has 1 aliphatic carbocycles. The average Bonchev–Trinajstić information content (AvgIpc) is 3.04. The number of aromatic nitrogens is 2. The number of benzene rings is 1. The standard InChI is InChI=1S/C20H26N4O3/c1-3-17-16(12-21-24(17)18-7-5-4-6-13(18)2)23-20(27)22-15-10-8-14(9-11-15)19(25)26/h4-7,12,14-15H,3,8-11H2,1-2H3,(H,25,26)(H2,22,23,27). The molecule has 1 aliphatic rings. The summed E-state index contributed by atoms with van der Waals surface area (Å²) in [6.45, 7) is 4.06. The summed E-state index contributed by atoms with van der Waals surface area (Å²) in [6.07, 6.45) is 4.98. The van der Waals surface area contributed by atoms with Crippen molar-refractivity contribution in [3.63, 3.8) is 0 Å². The highest BCUT2D eigenvalue weighted by Crippen LogP contribution is 2.25. The van der Waals surface area contributed by atoms with Crippen molar-refractivity contribution >= 4 is 17.7 Å². The lowest BCUT2D eigenvalue weighted by atomic mass is 9.86. The van der Waals surface area contributed by atoms with Crippen LogP contribution >= 0.6 is 0 Å². The number of hydrogen-bond acceptors (Lipinski definition) is 3. The zero-order valence-electron chi connectivity index (χ0n) is 15.7. The number of para-hydroxylation sites is 1. The van der Waals surface area contributed by atoms with E-state index < -0.39 is 5.97 Å². The monoisotopic (exact) mass is 370 g/mol. The minimum absolute atomic E-state index is 0.0112. The quantitative estimate of drug-likeness (QED) is 0.750. The summed E-state index contributed by atoms with van der Waals surface area (Å²) in [7, 11) is 0. The largest absolute Gasteiger partial charge is 0.481 e. The van der Waals surface area contributed by atoms with Gasteiger partial charge in [-0.1, -0.05) is 25.1 Å². The maximum absolute atomic E-state index is 12.4. The SMILES string of the molecule is CCc1c(NC(=O)NC2CCC(C(=O)O)CC2)cnn1-c1ccccc1C. The van der Waals surface area contributed by atoms with Gasteiger partial charge in [0.25, 0.3) is 0 Å². The van der Waals surface area contributed by atoms with Crippen molar-refractivity contribution in [2.24, 2.45) is 5.92 Å². The van der Waals surface area contributed by atoms with E-state index in [9.17, 15) is 9.59 Å². The lowest BCUT2D eigenvalue weighted by Crippen LogP contribution is -2.41. The van der Waals surface area contributed by atoms with E-state index in [1.807, 2.05) is 42.8 Å². The molecule has 27 heavy (non-hydrogen) atoms. The summed E-state index contributed by atoms with van der Waals surface area (Å²) < 4.78 is 1.86. The Labute approximate surface area is 158 Å². The summed E-state index contributed by atoms with van der Waals surface area (Å²) >= 11 is 0. The molecule has 0 radical (unpaired) electrons. The molecule has 3 rings (SSSR count). The third-order valence-electron chi connectivity index (χ3n) is 5.21. The predicted molar refractivity (Wildman–Crippen MR) is 103 cm³/mol. The number of nitrogens with zero attached hydrogens (tertiary/aromatic N) is 2. The average molecular weight is 370 g/mol. The van der Waals surface area contributed by atoms with Gasteiger partial charge in [0.1, 0.15) is 0 Å². The second-order valence-electron chi connectivity index (χ2n) is 7.04. The number of aliphatic carboxylic acids is 1. The summed E-state index contributed by atoms with van der Waals surface area (Å²) in [5.74, 6) is -1.03. The molecule has 0 atom stereocenters. The molecule has 1 aromatic heterocycles. The Morgan fingerprint density at radius 1 is 1.22 bits per heavy atom. The van der Waals surface area contributed by atoms with Crippen LogP contribution in [-0.4, -0.2) is 32.9 Å². The minimum Gasteiger partial charge on any atom is -0.481 e. The molecule has 1 fully saturated rings. The smallest absolute Gasteiger partial charge is 0.319 e. The van der Waals surface area contributed by atoms with Crippen LogP contribution in [0.15, 0.2) is 30.5 Å². The van der Waals surface area contributed by atoms with E-state index in [4.69, 9.17) is 5.11 Å². The molecule has 2 amide bonds. The molecule has 0 spiro atoms. The van der Waals surface area contributed by atoms with Gasteiger partial charge in [0.15, 0.2) is 0 Å². The first kappa shape index (κ1) is 18.9. The van der Waals surface area contributed by atoms with E-state index in [0.717, 1.165) is 23.4 Å². The lowest BCUT2D eigenvalue weighted by molar-refractivity contribution is -0.142. The molecule has 7 nitrogen and oxygen atoms in total. The molecule has 3 N–H and O–H groups in total. The molecular formula is C20H26N4O3. The van der Waals surface area contributed by atoms with Gasteiger partial charge in [0.05, 0.1) is 29.2 Å². The second-order valence-corrected chi connectivity index (χ2v) is 7.04. The Morgan fingerprint density at radius 3 is 2.56 bits per heavy atom. The van der Waals surface area contributed by atoms with Gasteiger partial charge in [-0.15, -0.1) is 0 Å². The number of carbonyl (C=O) groups is 2.